The quantitative estimate of drug-likeness (QED) is 0.815. The molecule has 1 atom stereocenters. The zero-order chi connectivity index (χ0) is 14.5. The summed E-state index contributed by atoms with van der Waals surface area (Å²) in [7, 11) is 0. The molecule has 0 saturated carbocycles. The number of nitrogens with one attached hydrogen (secondary N) is 1. The average Bonchev–Trinajstić information content (AvgIpc) is 2.89. The van der Waals surface area contributed by atoms with Crippen LogP contribution in [0.2, 0.25) is 0 Å². The molecule has 0 fully saturated rings. The third kappa shape index (κ3) is 3.28. The van der Waals surface area contributed by atoms with Gasteiger partial charge in [-0.2, -0.15) is 0 Å². The second-order valence-corrected chi connectivity index (χ2v) is 5.08. The third-order valence-electron chi connectivity index (χ3n) is 3.47. The summed E-state index contributed by atoms with van der Waals surface area (Å²) in [6.45, 7) is 7.16. The number of benzene rings is 1. The van der Waals surface area contributed by atoms with Crippen LogP contribution in [0.15, 0.2) is 34.7 Å². The van der Waals surface area contributed by atoms with Crippen LogP contribution < -0.4 is 5.32 Å². The molecule has 1 heterocycles. The van der Waals surface area contributed by atoms with E-state index in [0.29, 0.717) is 0 Å². The molecule has 1 aromatic carbocycles. The Morgan fingerprint density at radius 2 is 2.00 bits per heavy atom. The van der Waals surface area contributed by atoms with Gasteiger partial charge in [0.05, 0.1) is 6.04 Å². The molecule has 108 valence electrons. The van der Waals surface area contributed by atoms with E-state index in [1.165, 1.54) is 12.1 Å². The lowest BCUT2D eigenvalue weighted by Gasteiger charge is -2.13. The number of hydrogen-bond donors (Lipinski definition) is 1. The minimum absolute atomic E-state index is 0.214. The van der Waals surface area contributed by atoms with Gasteiger partial charge in [0.25, 0.3) is 0 Å². The van der Waals surface area contributed by atoms with Gasteiger partial charge in [0.2, 0.25) is 0 Å². The first kappa shape index (κ1) is 14.8. The predicted octanol–water partition coefficient (Wildman–Crippen LogP) is 4.84. The number of rotatable bonds is 6. The molecule has 0 radical (unpaired) electrons. The van der Waals surface area contributed by atoms with E-state index in [2.05, 4.69) is 19.2 Å². The largest absolute Gasteiger partial charge is 0.459 e. The van der Waals surface area contributed by atoms with Gasteiger partial charge in [-0.1, -0.05) is 13.8 Å². The van der Waals surface area contributed by atoms with Crippen molar-refractivity contribution in [2.75, 3.05) is 6.54 Å². The minimum atomic E-state index is -0.214. The number of furan rings is 1. The highest BCUT2D eigenvalue weighted by atomic mass is 19.1. The Labute approximate surface area is 120 Å². The van der Waals surface area contributed by atoms with Crippen LogP contribution in [0.3, 0.4) is 0 Å². The first-order valence-corrected chi connectivity index (χ1v) is 7.25. The first-order chi connectivity index (χ1) is 9.65. The molecule has 3 heteroatoms. The summed E-state index contributed by atoms with van der Waals surface area (Å²) in [6, 6.07) is 8.99. The smallest absolute Gasteiger partial charge is 0.134 e. The molecule has 2 rings (SSSR count). The Bertz CT molecular complexity index is 562. The van der Waals surface area contributed by atoms with Crippen LogP contribution >= 0.6 is 0 Å². The van der Waals surface area contributed by atoms with Crippen molar-refractivity contribution in [3.63, 3.8) is 0 Å². The second-order valence-electron chi connectivity index (χ2n) is 5.08. The maximum atomic E-state index is 13.2. The number of hydrogen-bond acceptors (Lipinski definition) is 2. The van der Waals surface area contributed by atoms with E-state index in [9.17, 15) is 4.39 Å². The first-order valence-electron chi connectivity index (χ1n) is 7.25. The molecule has 0 aliphatic carbocycles. The predicted molar refractivity (Wildman–Crippen MR) is 80.2 cm³/mol. The van der Waals surface area contributed by atoms with Gasteiger partial charge in [-0.25, -0.2) is 4.39 Å². The van der Waals surface area contributed by atoms with Crippen LogP contribution in [0.4, 0.5) is 4.39 Å². The molecule has 0 aliphatic rings. The Balaban J connectivity index is 2.23. The Kier molecular flexibility index (Phi) is 4.96. The van der Waals surface area contributed by atoms with E-state index in [0.717, 1.165) is 42.0 Å². The fourth-order valence-corrected chi connectivity index (χ4v) is 2.35. The Morgan fingerprint density at radius 1 is 1.20 bits per heavy atom. The molecule has 20 heavy (non-hydrogen) atoms. The lowest BCUT2D eigenvalue weighted by molar-refractivity contribution is 0.411. The van der Waals surface area contributed by atoms with Crippen molar-refractivity contribution in [1.82, 2.24) is 5.32 Å². The van der Waals surface area contributed by atoms with Crippen LogP contribution in [0.5, 0.6) is 0 Å². The summed E-state index contributed by atoms with van der Waals surface area (Å²) < 4.78 is 19.1. The van der Waals surface area contributed by atoms with E-state index in [4.69, 9.17) is 4.42 Å². The average molecular weight is 275 g/mol. The summed E-state index contributed by atoms with van der Waals surface area (Å²) >= 11 is 0. The molecule has 1 aromatic heterocycles. The molecular formula is C17H22FNO. The van der Waals surface area contributed by atoms with Crippen molar-refractivity contribution in [3.8, 4) is 11.3 Å². The van der Waals surface area contributed by atoms with Crippen LogP contribution in [0.1, 0.15) is 44.1 Å². The van der Waals surface area contributed by atoms with Crippen molar-refractivity contribution in [1.29, 1.82) is 0 Å². The summed E-state index contributed by atoms with van der Waals surface area (Å²) in [5.74, 6) is 1.53. The van der Waals surface area contributed by atoms with Gasteiger partial charge in [-0.05, 0) is 62.2 Å². The second kappa shape index (κ2) is 6.71. The molecule has 1 unspecified atom stereocenters. The lowest BCUT2D eigenvalue weighted by atomic mass is 10.1. The summed E-state index contributed by atoms with van der Waals surface area (Å²) in [5, 5.41) is 3.47. The Morgan fingerprint density at radius 3 is 2.65 bits per heavy atom. The molecule has 0 aliphatic heterocycles. The Hall–Kier alpha value is -1.61. The number of aryl methyl sites for hydroxylation is 1. The summed E-state index contributed by atoms with van der Waals surface area (Å²) in [5.41, 5.74) is 1.84. The highest BCUT2D eigenvalue weighted by Gasteiger charge is 2.14. The van der Waals surface area contributed by atoms with Gasteiger partial charge in [-0.15, -0.1) is 0 Å². The maximum absolute atomic E-state index is 13.2. The van der Waals surface area contributed by atoms with Crippen LogP contribution in [0, 0.1) is 12.7 Å². The highest BCUT2D eigenvalue weighted by molar-refractivity contribution is 5.62. The molecular weight excluding hydrogens is 253 g/mol. The molecule has 0 spiro atoms. The topological polar surface area (TPSA) is 25.2 Å². The molecule has 2 aromatic rings. The zero-order valence-electron chi connectivity index (χ0n) is 12.4. The minimum Gasteiger partial charge on any atom is -0.459 e. The highest BCUT2D eigenvalue weighted by Crippen LogP contribution is 2.29. The van der Waals surface area contributed by atoms with Crippen molar-refractivity contribution in [2.45, 2.75) is 39.7 Å². The van der Waals surface area contributed by atoms with E-state index in [1.807, 2.05) is 19.1 Å². The summed E-state index contributed by atoms with van der Waals surface area (Å²) in [4.78, 5) is 0. The van der Waals surface area contributed by atoms with Crippen LogP contribution in [-0.2, 0) is 0 Å². The van der Waals surface area contributed by atoms with Crippen molar-refractivity contribution < 1.29 is 8.81 Å². The molecule has 0 bridgehead atoms. The van der Waals surface area contributed by atoms with E-state index < -0.39 is 0 Å². The fourth-order valence-electron chi connectivity index (χ4n) is 2.35. The standard InChI is InChI=1S/C17H22FNO/c1-4-10-19-15(5-2)17-9-8-16(20-17)14-7-6-13(18)11-12(14)3/h6-9,11,15,19H,4-5,10H2,1-3H3. The van der Waals surface area contributed by atoms with E-state index >= 15 is 0 Å². The van der Waals surface area contributed by atoms with E-state index in [-0.39, 0.29) is 11.9 Å². The zero-order valence-corrected chi connectivity index (χ0v) is 12.4. The molecule has 2 nitrogen and oxygen atoms in total. The SMILES string of the molecule is CCCNC(CC)c1ccc(-c2ccc(F)cc2C)o1. The van der Waals surface area contributed by atoms with Crippen molar-refractivity contribution in [3.05, 3.63) is 47.5 Å². The van der Waals surface area contributed by atoms with Gasteiger partial charge in [0.15, 0.2) is 0 Å². The molecule has 1 N–H and O–H groups in total. The van der Waals surface area contributed by atoms with Gasteiger partial charge in [-0.3, -0.25) is 0 Å². The number of halogens is 1. The van der Waals surface area contributed by atoms with Gasteiger partial charge < -0.3 is 9.73 Å². The molecule has 0 amide bonds. The fraction of sp³-hybridized carbons (Fsp3) is 0.412. The lowest BCUT2D eigenvalue weighted by Crippen LogP contribution is -2.20. The van der Waals surface area contributed by atoms with Crippen molar-refractivity contribution in [2.24, 2.45) is 0 Å². The van der Waals surface area contributed by atoms with Gasteiger partial charge in [0.1, 0.15) is 17.3 Å². The van der Waals surface area contributed by atoms with E-state index in [1.54, 1.807) is 6.07 Å². The van der Waals surface area contributed by atoms with Gasteiger partial charge in [0, 0.05) is 5.56 Å². The summed E-state index contributed by atoms with van der Waals surface area (Å²) in [6.07, 6.45) is 2.08. The molecule has 0 saturated heterocycles. The monoisotopic (exact) mass is 275 g/mol. The normalized spacial score (nSPS) is 12.6. The van der Waals surface area contributed by atoms with Crippen LogP contribution in [-0.4, -0.2) is 6.54 Å². The van der Waals surface area contributed by atoms with Gasteiger partial charge >= 0.3 is 0 Å². The van der Waals surface area contributed by atoms with Crippen LogP contribution in [0.25, 0.3) is 11.3 Å². The van der Waals surface area contributed by atoms with Crippen molar-refractivity contribution >= 4 is 0 Å². The maximum Gasteiger partial charge on any atom is 0.134 e. The third-order valence-corrected chi connectivity index (χ3v) is 3.47.